The van der Waals surface area contributed by atoms with Crippen molar-refractivity contribution >= 4 is 39.4 Å². The highest BCUT2D eigenvalue weighted by molar-refractivity contribution is 7.92. The molecule has 0 aromatic heterocycles. The Bertz CT molecular complexity index is 1210. The van der Waals surface area contributed by atoms with Crippen molar-refractivity contribution in [1.29, 1.82) is 0 Å². The molecule has 10 heteroatoms. The Kier molecular flexibility index (Phi) is 6.24. The fraction of sp³-hybridized carbons (Fsp3) is 0. The maximum atomic E-state index is 12.6. The monoisotopic (exact) mass is 445 g/mol. The number of halogens is 1. The first-order valence-corrected chi connectivity index (χ1v) is 10.3. The van der Waals surface area contributed by atoms with Gasteiger partial charge < -0.3 is 10.2 Å². The summed E-state index contributed by atoms with van der Waals surface area (Å²) in [5, 5.41) is 23.0. The smallest absolute Gasteiger partial charge is 0.271 e. The van der Waals surface area contributed by atoms with E-state index in [-0.39, 0.29) is 22.0 Å². The number of nitrogens with one attached hydrogen (secondary N) is 2. The van der Waals surface area contributed by atoms with Crippen LogP contribution in [0.2, 0.25) is 5.02 Å². The van der Waals surface area contributed by atoms with Crippen LogP contribution >= 0.6 is 11.6 Å². The van der Waals surface area contributed by atoms with Gasteiger partial charge in [0, 0.05) is 16.3 Å². The van der Waals surface area contributed by atoms with Crippen LogP contribution in [0.4, 0.5) is 5.69 Å². The van der Waals surface area contributed by atoms with Crippen molar-refractivity contribution in [1.82, 2.24) is 5.43 Å². The van der Waals surface area contributed by atoms with Gasteiger partial charge in [-0.15, -0.1) is 0 Å². The van der Waals surface area contributed by atoms with E-state index < -0.39 is 15.9 Å². The fourth-order valence-electron chi connectivity index (χ4n) is 2.39. The number of phenolic OH excluding ortho intramolecular Hbond substituents is 2. The Hall–Kier alpha value is -3.56. The number of benzene rings is 3. The third-order valence-electron chi connectivity index (χ3n) is 3.88. The average molecular weight is 446 g/mol. The van der Waals surface area contributed by atoms with E-state index in [0.29, 0.717) is 16.3 Å². The molecule has 3 aromatic rings. The van der Waals surface area contributed by atoms with Crippen LogP contribution in [-0.2, 0) is 10.0 Å². The van der Waals surface area contributed by atoms with Crippen LogP contribution in [-0.4, -0.2) is 30.8 Å². The number of rotatable bonds is 6. The number of carbonyl (C=O) groups is 1. The number of aromatic hydroxyl groups is 2. The molecule has 154 valence electrons. The molecule has 0 aliphatic rings. The lowest BCUT2D eigenvalue weighted by Crippen LogP contribution is -2.19. The summed E-state index contributed by atoms with van der Waals surface area (Å²) in [7, 11) is -3.92. The van der Waals surface area contributed by atoms with Gasteiger partial charge >= 0.3 is 0 Å². The summed E-state index contributed by atoms with van der Waals surface area (Å²) < 4.78 is 27.6. The molecule has 0 saturated heterocycles. The van der Waals surface area contributed by atoms with Crippen LogP contribution in [0.25, 0.3) is 0 Å². The molecule has 0 atom stereocenters. The van der Waals surface area contributed by atoms with Crippen molar-refractivity contribution in [2.24, 2.45) is 5.10 Å². The molecule has 8 nitrogen and oxygen atoms in total. The van der Waals surface area contributed by atoms with Crippen LogP contribution < -0.4 is 10.1 Å². The summed E-state index contributed by atoms with van der Waals surface area (Å²) in [6.07, 6.45) is 1.26. The van der Waals surface area contributed by atoms with Crippen LogP contribution in [0.15, 0.2) is 76.7 Å². The Morgan fingerprint density at radius 3 is 2.40 bits per heavy atom. The maximum Gasteiger partial charge on any atom is 0.271 e. The van der Waals surface area contributed by atoms with Gasteiger partial charge in [-0.3, -0.25) is 9.52 Å². The lowest BCUT2D eigenvalue weighted by Gasteiger charge is -2.09. The Balaban J connectivity index is 1.72. The summed E-state index contributed by atoms with van der Waals surface area (Å²) in [5.41, 5.74) is 3.12. The largest absolute Gasteiger partial charge is 0.504 e. The quantitative estimate of drug-likeness (QED) is 0.263. The highest BCUT2D eigenvalue weighted by atomic mass is 35.5. The zero-order valence-electron chi connectivity index (χ0n) is 15.3. The van der Waals surface area contributed by atoms with Crippen molar-refractivity contribution < 1.29 is 23.4 Å². The third kappa shape index (κ3) is 5.28. The molecule has 0 bridgehead atoms. The van der Waals surface area contributed by atoms with Gasteiger partial charge in [-0.1, -0.05) is 17.7 Å². The SMILES string of the molecule is O=C(NN=Cc1ccc(O)c(O)c1)c1cccc(S(=O)(=O)Nc2ccc(Cl)cc2)c1. The molecule has 0 unspecified atom stereocenters. The molecule has 0 aliphatic carbocycles. The molecule has 1 amide bonds. The predicted octanol–water partition coefficient (Wildman–Crippen LogP) is 3.32. The highest BCUT2D eigenvalue weighted by Crippen LogP contribution is 2.24. The minimum Gasteiger partial charge on any atom is -0.504 e. The first-order chi connectivity index (χ1) is 14.2. The van der Waals surface area contributed by atoms with Gasteiger partial charge in [0.05, 0.1) is 11.1 Å². The standard InChI is InChI=1S/C20H16ClN3O5S/c21-15-5-7-16(8-6-15)24-30(28,29)17-3-1-2-14(11-17)20(27)23-22-12-13-4-9-18(25)19(26)10-13/h1-12,24-26H,(H,23,27). The lowest BCUT2D eigenvalue weighted by atomic mass is 10.2. The number of sulfonamides is 1. The van der Waals surface area contributed by atoms with E-state index in [1.165, 1.54) is 60.8 Å². The molecular formula is C20H16ClN3O5S. The van der Waals surface area contributed by atoms with Crippen molar-refractivity contribution in [3.8, 4) is 11.5 Å². The number of anilines is 1. The Labute approximate surface area is 177 Å². The lowest BCUT2D eigenvalue weighted by molar-refractivity contribution is 0.0955. The van der Waals surface area contributed by atoms with E-state index in [2.05, 4.69) is 15.2 Å². The first-order valence-electron chi connectivity index (χ1n) is 8.48. The fourth-order valence-corrected chi connectivity index (χ4v) is 3.62. The van der Waals surface area contributed by atoms with E-state index in [0.717, 1.165) is 0 Å². The molecule has 0 saturated carbocycles. The van der Waals surface area contributed by atoms with E-state index >= 15 is 0 Å². The highest BCUT2D eigenvalue weighted by Gasteiger charge is 2.16. The van der Waals surface area contributed by atoms with E-state index in [4.69, 9.17) is 11.6 Å². The molecule has 0 radical (unpaired) electrons. The third-order valence-corrected chi connectivity index (χ3v) is 5.51. The molecule has 0 heterocycles. The van der Waals surface area contributed by atoms with Crippen molar-refractivity contribution in [3.05, 3.63) is 82.9 Å². The molecule has 0 aliphatic heterocycles. The number of hydrogen-bond acceptors (Lipinski definition) is 6. The summed E-state index contributed by atoms with van der Waals surface area (Å²) in [6.45, 7) is 0. The van der Waals surface area contributed by atoms with Gasteiger partial charge in [-0.05, 0) is 66.2 Å². The van der Waals surface area contributed by atoms with Gasteiger partial charge in [-0.2, -0.15) is 5.10 Å². The molecule has 0 spiro atoms. The minimum atomic E-state index is -3.92. The first kappa shape index (κ1) is 21.2. The minimum absolute atomic E-state index is 0.0830. The van der Waals surface area contributed by atoms with Crippen molar-refractivity contribution in [3.63, 3.8) is 0 Å². The molecule has 30 heavy (non-hydrogen) atoms. The number of nitrogens with zero attached hydrogens (tertiary/aromatic N) is 1. The molecule has 3 aromatic carbocycles. The van der Waals surface area contributed by atoms with Gasteiger partial charge in [0.25, 0.3) is 15.9 Å². The Morgan fingerprint density at radius 1 is 0.967 bits per heavy atom. The normalized spacial score (nSPS) is 11.4. The second-order valence-electron chi connectivity index (χ2n) is 6.09. The molecule has 4 N–H and O–H groups in total. The topological polar surface area (TPSA) is 128 Å². The molecule has 3 rings (SSSR count). The molecular weight excluding hydrogens is 430 g/mol. The number of hydrazone groups is 1. The van der Waals surface area contributed by atoms with Gasteiger partial charge in [0.2, 0.25) is 0 Å². The van der Waals surface area contributed by atoms with E-state index in [9.17, 15) is 23.4 Å². The van der Waals surface area contributed by atoms with Crippen molar-refractivity contribution in [2.75, 3.05) is 4.72 Å². The maximum absolute atomic E-state index is 12.6. The Morgan fingerprint density at radius 2 is 1.70 bits per heavy atom. The van der Waals surface area contributed by atoms with Crippen LogP contribution in [0.5, 0.6) is 11.5 Å². The number of amides is 1. The summed E-state index contributed by atoms with van der Waals surface area (Å²) in [4.78, 5) is 12.2. The second-order valence-corrected chi connectivity index (χ2v) is 8.21. The van der Waals surface area contributed by atoms with E-state index in [1.54, 1.807) is 12.1 Å². The van der Waals surface area contributed by atoms with Crippen LogP contribution in [0.3, 0.4) is 0 Å². The summed E-state index contributed by atoms with van der Waals surface area (Å²) >= 11 is 5.79. The van der Waals surface area contributed by atoms with Gasteiger partial charge in [0.1, 0.15) is 0 Å². The zero-order valence-corrected chi connectivity index (χ0v) is 16.9. The summed E-state index contributed by atoms with van der Waals surface area (Å²) in [5.74, 6) is -1.23. The second kappa shape index (κ2) is 8.85. The average Bonchev–Trinajstić information content (AvgIpc) is 2.72. The number of hydrogen-bond donors (Lipinski definition) is 4. The van der Waals surface area contributed by atoms with Gasteiger partial charge in [-0.25, -0.2) is 13.8 Å². The molecule has 0 fully saturated rings. The zero-order chi connectivity index (χ0) is 21.7. The van der Waals surface area contributed by atoms with Gasteiger partial charge in [0.15, 0.2) is 11.5 Å². The van der Waals surface area contributed by atoms with E-state index in [1.807, 2.05) is 0 Å². The van der Waals surface area contributed by atoms with Crippen LogP contribution in [0.1, 0.15) is 15.9 Å². The number of phenols is 2. The van der Waals surface area contributed by atoms with Crippen LogP contribution in [0, 0.1) is 0 Å². The van der Waals surface area contributed by atoms with Crippen molar-refractivity contribution in [2.45, 2.75) is 4.90 Å². The predicted molar refractivity (Wildman–Crippen MR) is 114 cm³/mol. The summed E-state index contributed by atoms with van der Waals surface area (Å²) in [6, 6.07) is 15.6. The number of carbonyl (C=O) groups excluding carboxylic acids is 1.